The van der Waals surface area contributed by atoms with Crippen molar-refractivity contribution < 1.29 is 0 Å². The summed E-state index contributed by atoms with van der Waals surface area (Å²) < 4.78 is 0. The smallest absolute Gasteiger partial charge is 0.0963 e. The molecule has 0 saturated carbocycles. The van der Waals surface area contributed by atoms with Gasteiger partial charge in [-0.25, -0.2) is 0 Å². The summed E-state index contributed by atoms with van der Waals surface area (Å²) in [7, 11) is 6.43. The fraction of sp³-hybridized carbons (Fsp3) is 0.0625. The molecule has 0 fully saturated rings. The van der Waals surface area contributed by atoms with E-state index in [4.69, 9.17) is 7.85 Å². The van der Waals surface area contributed by atoms with Gasteiger partial charge in [-0.3, -0.25) is 0 Å². The van der Waals surface area contributed by atoms with E-state index in [-0.39, 0.29) is 11.3 Å². The summed E-state index contributed by atoms with van der Waals surface area (Å²) in [5.74, 6) is 0.270. The van der Waals surface area contributed by atoms with E-state index in [0.29, 0.717) is 0 Å². The second kappa shape index (κ2) is 5.94. The van der Waals surface area contributed by atoms with Gasteiger partial charge < -0.3 is 0 Å². The highest BCUT2D eigenvalue weighted by Gasteiger charge is 2.53. The molecule has 0 bridgehead atoms. The van der Waals surface area contributed by atoms with Gasteiger partial charge in [0, 0.05) is 5.92 Å². The Morgan fingerprint density at radius 1 is 0.485 bits per heavy atom. The van der Waals surface area contributed by atoms with E-state index in [0.717, 1.165) is 5.46 Å². The minimum absolute atomic E-state index is 0.270. The molecule has 0 amide bonds. The van der Waals surface area contributed by atoms with Crippen molar-refractivity contribution in [2.45, 2.75) is 11.3 Å². The third-order valence-corrected chi connectivity index (χ3v) is 8.11. The van der Waals surface area contributed by atoms with E-state index < -0.39 is 0 Å². The van der Waals surface area contributed by atoms with Gasteiger partial charge in [0.15, 0.2) is 0 Å². The van der Waals surface area contributed by atoms with Gasteiger partial charge in [0.1, 0.15) is 7.85 Å². The van der Waals surface area contributed by atoms with Crippen LogP contribution in [-0.2, 0) is 5.41 Å². The van der Waals surface area contributed by atoms with Gasteiger partial charge in [0.2, 0.25) is 0 Å². The summed E-state index contributed by atoms with van der Waals surface area (Å²) in [5.41, 5.74) is 15.5. The Labute approximate surface area is 195 Å². The third kappa shape index (κ3) is 1.92. The third-order valence-electron chi connectivity index (χ3n) is 8.11. The lowest BCUT2D eigenvalue weighted by Gasteiger charge is -2.42. The van der Waals surface area contributed by atoms with Crippen LogP contribution in [0.4, 0.5) is 0 Å². The van der Waals surface area contributed by atoms with Crippen LogP contribution in [0.2, 0.25) is 0 Å². The maximum absolute atomic E-state index is 6.43. The molecule has 33 heavy (non-hydrogen) atoms. The Morgan fingerprint density at radius 2 is 1.12 bits per heavy atom. The van der Waals surface area contributed by atoms with Crippen molar-refractivity contribution in [3.63, 3.8) is 0 Å². The van der Waals surface area contributed by atoms with Gasteiger partial charge in [0.05, 0.1) is 5.41 Å². The van der Waals surface area contributed by atoms with Crippen LogP contribution in [0.1, 0.15) is 44.9 Å². The second-order valence-corrected chi connectivity index (χ2v) is 9.47. The number of rotatable bonds is 0. The van der Waals surface area contributed by atoms with E-state index in [2.05, 4.69) is 103 Å². The fourth-order valence-electron chi connectivity index (χ4n) is 7.02. The molecule has 3 aliphatic carbocycles. The minimum atomic E-state index is -0.359. The highest BCUT2D eigenvalue weighted by molar-refractivity contribution is 6.32. The molecule has 0 aliphatic heterocycles. The average molecular weight is 414 g/mol. The highest BCUT2D eigenvalue weighted by Crippen LogP contribution is 2.64. The molecule has 0 N–H and O–H groups in total. The number of fused-ring (bicyclic) bond motifs is 12. The molecule has 2 atom stereocenters. The molecule has 8 rings (SSSR count). The van der Waals surface area contributed by atoms with Crippen LogP contribution in [0.15, 0.2) is 109 Å². The molecule has 0 heterocycles. The SMILES string of the molecule is [B]c1ccc2c(c1)C1(c3ccccc3-2)c2ccccc2C2c3ccccc3-c3cccc1c32. The van der Waals surface area contributed by atoms with Gasteiger partial charge in [-0.1, -0.05) is 115 Å². The van der Waals surface area contributed by atoms with Crippen molar-refractivity contribution >= 4 is 13.3 Å². The van der Waals surface area contributed by atoms with E-state index >= 15 is 0 Å². The molecule has 5 aromatic rings. The zero-order valence-corrected chi connectivity index (χ0v) is 18.0. The van der Waals surface area contributed by atoms with Gasteiger partial charge in [-0.2, -0.15) is 0 Å². The lowest BCUT2D eigenvalue weighted by atomic mass is 9.59. The first-order chi connectivity index (χ1) is 16.3. The monoisotopic (exact) mass is 414 g/mol. The largest absolute Gasteiger partial charge is 0.113 e. The van der Waals surface area contributed by atoms with Crippen molar-refractivity contribution in [3.05, 3.63) is 148 Å². The first-order valence-electron chi connectivity index (χ1n) is 11.6. The molecular weight excluding hydrogens is 395 g/mol. The van der Waals surface area contributed by atoms with Crippen LogP contribution < -0.4 is 5.46 Å². The molecule has 2 radical (unpaired) electrons. The van der Waals surface area contributed by atoms with E-state index in [1.165, 1.54) is 61.2 Å². The van der Waals surface area contributed by atoms with Gasteiger partial charge in [-0.15, -0.1) is 0 Å². The summed E-state index contributed by atoms with van der Waals surface area (Å²) in [4.78, 5) is 0. The molecule has 1 spiro atoms. The topological polar surface area (TPSA) is 0 Å². The quantitative estimate of drug-likeness (QED) is 0.255. The predicted molar refractivity (Wildman–Crippen MR) is 136 cm³/mol. The molecule has 0 aromatic heterocycles. The Balaban J connectivity index is 1.62. The summed E-state index contributed by atoms with van der Waals surface area (Å²) in [6, 6.07) is 40.3. The molecule has 5 aromatic carbocycles. The van der Waals surface area contributed by atoms with E-state index in [9.17, 15) is 0 Å². The Morgan fingerprint density at radius 3 is 2.00 bits per heavy atom. The Bertz CT molecular complexity index is 1640. The average Bonchev–Trinajstić information content (AvgIpc) is 3.35. The van der Waals surface area contributed by atoms with Crippen molar-refractivity contribution in [2.75, 3.05) is 0 Å². The molecule has 3 aliphatic rings. The standard InChI is InChI=1S/C32H19B/c33-19-16-17-22-21-9-3-5-13-26(21)32(29(22)18-19)27-14-6-4-11-25(27)30-23-10-2-1-8-20(23)24-12-7-15-28(32)31(24)30/h1-18,30H. The fourth-order valence-corrected chi connectivity index (χ4v) is 7.02. The first kappa shape index (κ1) is 17.7. The lowest BCUT2D eigenvalue weighted by Crippen LogP contribution is -2.35. The van der Waals surface area contributed by atoms with Crippen LogP contribution in [0.5, 0.6) is 0 Å². The molecule has 0 nitrogen and oxygen atoms in total. The van der Waals surface area contributed by atoms with Crippen LogP contribution in [0.3, 0.4) is 0 Å². The van der Waals surface area contributed by atoms with Crippen molar-refractivity contribution in [3.8, 4) is 22.3 Å². The minimum Gasteiger partial charge on any atom is -0.0963 e. The number of benzene rings is 5. The van der Waals surface area contributed by atoms with Crippen LogP contribution >= 0.6 is 0 Å². The van der Waals surface area contributed by atoms with E-state index in [1.54, 1.807) is 0 Å². The lowest BCUT2D eigenvalue weighted by molar-refractivity contribution is 0.704. The highest BCUT2D eigenvalue weighted by atomic mass is 14.5. The molecular formula is C32H19B. The first-order valence-corrected chi connectivity index (χ1v) is 11.6. The zero-order chi connectivity index (χ0) is 21.7. The maximum Gasteiger partial charge on any atom is 0.113 e. The molecule has 2 unspecified atom stereocenters. The summed E-state index contributed by atoms with van der Waals surface area (Å²) in [5, 5.41) is 0. The maximum atomic E-state index is 6.43. The zero-order valence-electron chi connectivity index (χ0n) is 18.0. The van der Waals surface area contributed by atoms with Gasteiger partial charge >= 0.3 is 0 Å². The Hall–Kier alpha value is -3.84. The van der Waals surface area contributed by atoms with Gasteiger partial charge in [-0.05, 0) is 61.2 Å². The van der Waals surface area contributed by atoms with E-state index in [1.807, 2.05) is 6.07 Å². The van der Waals surface area contributed by atoms with Crippen molar-refractivity contribution in [1.29, 1.82) is 0 Å². The van der Waals surface area contributed by atoms with Crippen molar-refractivity contribution in [2.24, 2.45) is 0 Å². The Kier molecular flexibility index (Phi) is 3.18. The van der Waals surface area contributed by atoms with Crippen LogP contribution in [0.25, 0.3) is 22.3 Å². The molecule has 1 heteroatoms. The molecule has 150 valence electrons. The summed E-state index contributed by atoms with van der Waals surface area (Å²) in [6.45, 7) is 0. The van der Waals surface area contributed by atoms with Gasteiger partial charge in [0.25, 0.3) is 0 Å². The normalized spacial score (nSPS) is 20.1. The predicted octanol–water partition coefficient (Wildman–Crippen LogP) is 6.32. The number of hydrogen-bond acceptors (Lipinski definition) is 0. The molecule has 0 saturated heterocycles. The second-order valence-electron chi connectivity index (χ2n) is 9.47. The summed E-state index contributed by atoms with van der Waals surface area (Å²) >= 11 is 0. The summed E-state index contributed by atoms with van der Waals surface area (Å²) in [6.07, 6.45) is 0. The van der Waals surface area contributed by atoms with Crippen LogP contribution in [-0.4, -0.2) is 7.85 Å². The van der Waals surface area contributed by atoms with Crippen LogP contribution in [0, 0.1) is 0 Å². The van der Waals surface area contributed by atoms with Crippen molar-refractivity contribution in [1.82, 2.24) is 0 Å². The number of hydrogen-bond donors (Lipinski definition) is 0.